The van der Waals surface area contributed by atoms with E-state index in [4.69, 9.17) is 4.42 Å². The van der Waals surface area contributed by atoms with Crippen molar-refractivity contribution in [3.05, 3.63) is 23.7 Å². The lowest BCUT2D eigenvalue weighted by Crippen LogP contribution is -2.18. The van der Waals surface area contributed by atoms with E-state index < -0.39 is 0 Å². The molecule has 3 heteroatoms. The maximum atomic E-state index is 5.53. The average molecular weight is 227 g/mol. The first kappa shape index (κ1) is 12.7. The highest BCUT2D eigenvalue weighted by molar-refractivity contribution is 7.80. The molecule has 0 fully saturated rings. The van der Waals surface area contributed by atoms with E-state index in [1.54, 1.807) is 0 Å². The summed E-state index contributed by atoms with van der Waals surface area (Å²) in [6.07, 6.45) is 3.73. The van der Waals surface area contributed by atoms with Gasteiger partial charge in [0, 0.05) is 0 Å². The molecule has 0 saturated carbocycles. The molecule has 0 atom stereocenters. The van der Waals surface area contributed by atoms with E-state index in [-0.39, 0.29) is 0 Å². The van der Waals surface area contributed by atoms with Crippen LogP contribution < -0.4 is 0 Å². The highest BCUT2D eigenvalue weighted by atomic mass is 32.1. The number of unbranched alkanes of at least 4 members (excludes halogenated alkanes) is 2. The molecule has 15 heavy (non-hydrogen) atoms. The number of thiol groups is 1. The Kier molecular flexibility index (Phi) is 5.88. The number of nitrogens with zero attached hydrogens (tertiary/aromatic N) is 1. The van der Waals surface area contributed by atoms with Crippen LogP contribution in [-0.4, -0.2) is 24.2 Å². The molecule has 0 N–H and O–H groups in total. The van der Waals surface area contributed by atoms with Crippen molar-refractivity contribution in [3.8, 4) is 0 Å². The normalized spacial score (nSPS) is 11.2. The van der Waals surface area contributed by atoms with Crippen LogP contribution in [0.4, 0.5) is 0 Å². The summed E-state index contributed by atoms with van der Waals surface area (Å²) in [5.74, 6) is 3.05. The highest BCUT2D eigenvalue weighted by Crippen LogP contribution is 2.09. The van der Waals surface area contributed by atoms with Gasteiger partial charge in [-0.2, -0.15) is 12.6 Å². The third-order valence-electron chi connectivity index (χ3n) is 2.42. The topological polar surface area (TPSA) is 16.4 Å². The molecule has 0 bridgehead atoms. The third-order valence-corrected chi connectivity index (χ3v) is 2.74. The molecule has 0 radical (unpaired) electrons. The Balaban J connectivity index is 2.15. The third kappa shape index (κ3) is 5.28. The van der Waals surface area contributed by atoms with Gasteiger partial charge < -0.3 is 4.42 Å². The summed E-state index contributed by atoms with van der Waals surface area (Å²) in [7, 11) is 2.14. The minimum Gasteiger partial charge on any atom is -0.465 e. The maximum Gasteiger partial charge on any atom is 0.118 e. The van der Waals surface area contributed by atoms with Crippen LogP contribution in [-0.2, 0) is 6.54 Å². The Morgan fingerprint density at radius 2 is 2.07 bits per heavy atom. The number of hydrogen-bond acceptors (Lipinski definition) is 3. The summed E-state index contributed by atoms with van der Waals surface area (Å²) in [6.45, 7) is 4.03. The fourth-order valence-electron chi connectivity index (χ4n) is 1.59. The van der Waals surface area contributed by atoms with Gasteiger partial charge in [0.25, 0.3) is 0 Å². The molecular weight excluding hydrogens is 206 g/mol. The van der Waals surface area contributed by atoms with E-state index in [1.165, 1.54) is 19.3 Å². The molecule has 2 nitrogen and oxygen atoms in total. The van der Waals surface area contributed by atoms with Crippen molar-refractivity contribution in [1.82, 2.24) is 4.90 Å². The van der Waals surface area contributed by atoms with Crippen LogP contribution in [0.2, 0.25) is 0 Å². The Hall–Kier alpha value is -0.410. The van der Waals surface area contributed by atoms with E-state index >= 15 is 0 Å². The molecule has 0 unspecified atom stereocenters. The zero-order valence-corrected chi connectivity index (χ0v) is 10.6. The molecule has 0 aromatic carbocycles. The van der Waals surface area contributed by atoms with Gasteiger partial charge in [-0.1, -0.05) is 6.42 Å². The van der Waals surface area contributed by atoms with Gasteiger partial charge in [0.05, 0.1) is 6.54 Å². The predicted octanol–water partition coefficient (Wildman–Crippen LogP) is 3.12. The van der Waals surface area contributed by atoms with Crippen molar-refractivity contribution >= 4 is 12.6 Å². The van der Waals surface area contributed by atoms with E-state index in [9.17, 15) is 0 Å². The summed E-state index contributed by atoms with van der Waals surface area (Å²) in [6, 6.07) is 4.07. The van der Waals surface area contributed by atoms with Gasteiger partial charge in [-0.3, -0.25) is 4.90 Å². The minimum absolute atomic E-state index is 0.911. The number of rotatable bonds is 7. The lowest BCUT2D eigenvalue weighted by Gasteiger charge is -2.14. The first-order chi connectivity index (χ1) is 7.22. The molecule has 1 aromatic heterocycles. The van der Waals surface area contributed by atoms with Gasteiger partial charge in [0.1, 0.15) is 11.5 Å². The summed E-state index contributed by atoms with van der Waals surface area (Å²) in [5, 5.41) is 0. The molecule has 0 aliphatic carbocycles. The quantitative estimate of drug-likeness (QED) is 0.569. The van der Waals surface area contributed by atoms with Crippen LogP contribution in [0.1, 0.15) is 30.8 Å². The Morgan fingerprint density at radius 1 is 1.27 bits per heavy atom. The van der Waals surface area contributed by atoms with Crippen LogP contribution in [0.5, 0.6) is 0 Å². The maximum absolute atomic E-state index is 5.53. The van der Waals surface area contributed by atoms with Crippen molar-refractivity contribution in [2.45, 2.75) is 32.7 Å². The fraction of sp³-hybridized carbons (Fsp3) is 0.667. The fourth-order valence-corrected chi connectivity index (χ4v) is 1.81. The molecular formula is C12H21NOS. The second-order valence-corrected chi connectivity index (χ2v) is 4.48. The van der Waals surface area contributed by atoms with Crippen molar-refractivity contribution in [1.29, 1.82) is 0 Å². The van der Waals surface area contributed by atoms with Crippen molar-refractivity contribution in [2.24, 2.45) is 0 Å². The summed E-state index contributed by atoms with van der Waals surface area (Å²) in [4.78, 5) is 2.30. The highest BCUT2D eigenvalue weighted by Gasteiger charge is 2.03. The van der Waals surface area contributed by atoms with Gasteiger partial charge in [-0.15, -0.1) is 0 Å². The average Bonchev–Trinajstić information content (AvgIpc) is 2.59. The van der Waals surface area contributed by atoms with E-state index in [1.807, 2.05) is 13.0 Å². The molecule has 0 spiro atoms. The monoisotopic (exact) mass is 227 g/mol. The second kappa shape index (κ2) is 6.96. The zero-order chi connectivity index (χ0) is 11.1. The lowest BCUT2D eigenvalue weighted by atomic mass is 10.2. The largest absolute Gasteiger partial charge is 0.465 e. The first-order valence-corrected chi connectivity index (χ1v) is 6.20. The number of hydrogen-bond donors (Lipinski definition) is 1. The Morgan fingerprint density at radius 3 is 2.67 bits per heavy atom. The predicted molar refractivity (Wildman–Crippen MR) is 67.5 cm³/mol. The van der Waals surface area contributed by atoms with Gasteiger partial charge in [-0.25, -0.2) is 0 Å². The van der Waals surface area contributed by atoms with Crippen molar-refractivity contribution in [3.63, 3.8) is 0 Å². The van der Waals surface area contributed by atoms with E-state index in [0.717, 1.165) is 30.4 Å². The van der Waals surface area contributed by atoms with E-state index in [0.29, 0.717) is 0 Å². The number of aryl methyl sites for hydroxylation is 1. The van der Waals surface area contributed by atoms with Gasteiger partial charge in [0.2, 0.25) is 0 Å². The summed E-state index contributed by atoms with van der Waals surface area (Å²) in [5.41, 5.74) is 0. The zero-order valence-electron chi connectivity index (χ0n) is 9.70. The summed E-state index contributed by atoms with van der Waals surface area (Å²) < 4.78 is 5.53. The van der Waals surface area contributed by atoms with Crippen LogP contribution >= 0.6 is 12.6 Å². The summed E-state index contributed by atoms with van der Waals surface area (Å²) >= 11 is 4.20. The van der Waals surface area contributed by atoms with Crippen LogP contribution in [0.15, 0.2) is 16.5 Å². The molecule has 0 saturated heterocycles. The van der Waals surface area contributed by atoms with Gasteiger partial charge in [0.15, 0.2) is 0 Å². The molecule has 86 valence electrons. The molecule has 0 aliphatic rings. The van der Waals surface area contributed by atoms with E-state index in [2.05, 4.69) is 30.6 Å². The Labute approximate surface area is 98.1 Å². The second-order valence-electron chi connectivity index (χ2n) is 4.03. The molecule has 0 amide bonds. The molecule has 1 heterocycles. The van der Waals surface area contributed by atoms with Crippen molar-refractivity contribution in [2.75, 3.05) is 19.3 Å². The first-order valence-electron chi connectivity index (χ1n) is 5.57. The Bertz CT molecular complexity index is 272. The SMILES string of the molecule is Cc1ccc(CN(C)CCCCCS)o1. The van der Waals surface area contributed by atoms with Crippen LogP contribution in [0.3, 0.4) is 0 Å². The lowest BCUT2D eigenvalue weighted by molar-refractivity contribution is 0.286. The smallest absolute Gasteiger partial charge is 0.118 e. The molecule has 0 aliphatic heterocycles. The minimum atomic E-state index is 0.911. The van der Waals surface area contributed by atoms with Crippen LogP contribution in [0.25, 0.3) is 0 Å². The standard InChI is InChI=1S/C12H21NOS/c1-11-6-7-12(14-11)10-13(2)8-4-3-5-9-15/h6-7,15H,3-5,8-10H2,1-2H3. The van der Waals surface area contributed by atoms with Gasteiger partial charge in [-0.05, 0) is 51.2 Å². The van der Waals surface area contributed by atoms with Crippen LogP contribution in [0, 0.1) is 6.92 Å². The molecule has 1 rings (SSSR count). The molecule has 1 aromatic rings. The van der Waals surface area contributed by atoms with Gasteiger partial charge >= 0.3 is 0 Å². The number of furan rings is 1. The van der Waals surface area contributed by atoms with Crippen molar-refractivity contribution < 1.29 is 4.42 Å².